The Morgan fingerprint density at radius 1 is 1.24 bits per heavy atom. The van der Waals surface area contributed by atoms with E-state index < -0.39 is 0 Å². The van der Waals surface area contributed by atoms with Gasteiger partial charge in [0.1, 0.15) is 12.4 Å². The zero-order valence-corrected chi connectivity index (χ0v) is 13.9. The third-order valence-electron chi connectivity index (χ3n) is 4.52. The fraction of sp³-hybridized carbons (Fsp3) is 0.667. The maximum absolute atomic E-state index is 5.88. The van der Waals surface area contributed by atoms with Crippen LogP contribution in [0.15, 0.2) is 18.2 Å². The number of benzene rings is 1. The van der Waals surface area contributed by atoms with Gasteiger partial charge in [0.15, 0.2) is 0 Å². The third-order valence-corrected chi connectivity index (χ3v) is 4.52. The first-order valence-corrected chi connectivity index (χ1v) is 8.02. The van der Waals surface area contributed by atoms with E-state index in [1.165, 1.54) is 31.2 Å². The molecule has 1 aliphatic carbocycles. The van der Waals surface area contributed by atoms with E-state index in [1.54, 1.807) is 7.11 Å². The van der Waals surface area contributed by atoms with Crippen molar-refractivity contribution in [1.82, 2.24) is 0 Å². The zero-order valence-electron chi connectivity index (χ0n) is 13.9. The van der Waals surface area contributed by atoms with Gasteiger partial charge in [-0.3, -0.25) is 0 Å². The Balaban J connectivity index is 2.10. The molecule has 2 rings (SSSR count). The number of ether oxygens (including phenoxy) is 2. The topological polar surface area (TPSA) is 30.5 Å². The van der Waals surface area contributed by atoms with Crippen LogP contribution in [0.4, 0.5) is 5.69 Å². The van der Waals surface area contributed by atoms with E-state index in [-0.39, 0.29) is 0 Å². The molecule has 0 amide bonds. The molecule has 3 nitrogen and oxygen atoms in total. The van der Waals surface area contributed by atoms with Gasteiger partial charge in [-0.2, -0.15) is 0 Å². The summed E-state index contributed by atoms with van der Waals surface area (Å²) in [5.41, 5.74) is 2.67. The van der Waals surface area contributed by atoms with Crippen LogP contribution in [0.2, 0.25) is 0 Å². The Kier molecular flexibility index (Phi) is 5.51. The summed E-state index contributed by atoms with van der Waals surface area (Å²) in [5.74, 6) is 0.938. The smallest absolute Gasteiger partial charge is 0.142 e. The standard InChI is InChI=1S/C18H29NO2/c1-14-8-9-15(16(13-14)21-12-11-20-4)19-17-7-5-6-10-18(17,2)3/h8-9,13,17,19H,5-7,10-12H2,1-4H3. The van der Waals surface area contributed by atoms with E-state index in [2.05, 4.69) is 44.3 Å². The van der Waals surface area contributed by atoms with Crippen molar-refractivity contribution in [2.45, 2.75) is 52.5 Å². The molecule has 1 unspecified atom stereocenters. The molecule has 0 spiro atoms. The summed E-state index contributed by atoms with van der Waals surface area (Å²) < 4.78 is 11.0. The maximum Gasteiger partial charge on any atom is 0.142 e. The lowest BCUT2D eigenvalue weighted by Crippen LogP contribution is -2.39. The number of hydrogen-bond donors (Lipinski definition) is 1. The summed E-state index contributed by atoms with van der Waals surface area (Å²) in [6.45, 7) is 8.02. The van der Waals surface area contributed by atoms with Gasteiger partial charge in [-0.15, -0.1) is 0 Å². The summed E-state index contributed by atoms with van der Waals surface area (Å²) in [4.78, 5) is 0. The van der Waals surface area contributed by atoms with Gasteiger partial charge in [-0.05, 0) is 42.9 Å². The first-order valence-electron chi connectivity index (χ1n) is 8.02. The molecule has 118 valence electrons. The van der Waals surface area contributed by atoms with Gasteiger partial charge < -0.3 is 14.8 Å². The molecule has 0 saturated heterocycles. The highest BCUT2D eigenvalue weighted by molar-refractivity contribution is 5.58. The van der Waals surface area contributed by atoms with Crippen molar-refractivity contribution in [2.75, 3.05) is 25.6 Å². The minimum Gasteiger partial charge on any atom is -0.489 e. The van der Waals surface area contributed by atoms with E-state index in [0.29, 0.717) is 24.7 Å². The molecule has 0 heterocycles. The molecule has 21 heavy (non-hydrogen) atoms. The van der Waals surface area contributed by atoms with Crippen LogP contribution in [0.5, 0.6) is 5.75 Å². The van der Waals surface area contributed by atoms with Crippen molar-refractivity contribution >= 4 is 5.69 Å². The lowest BCUT2D eigenvalue weighted by atomic mass is 9.73. The Labute approximate surface area is 129 Å². The molecule has 1 N–H and O–H groups in total. The molecular weight excluding hydrogens is 262 g/mol. The third kappa shape index (κ3) is 4.37. The predicted molar refractivity (Wildman–Crippen MR) is 88.2 cm³/mol. The summed E-state index contributed by atoms with van der Waals surface area (Å²) >= 11 is 0. The Hall–Kier alpha value is -1.22. The Bertz CT molecular complexity index is 457. The van der Waals surface area contributed by atoms with Crippen molar-refractivity contribution in [3.05, 3.63) is 23.8 Å². The van der Waals surface area contributed by atoms with Gasteiger partial charge in [0, 0.05) is 13.2 Å². The van der Waals surface area contributed by atoms with E-state index in [9.17, 15) is 0 Å². The van der Waals surface area contributed by atoms with Gasteiger partial charge in [0.05, 0.1) is 12.3 Å². The molecule has 0 aromatic heterocycles. The molecule has 1 aliphatic rings. The van der Waals surface area contributed by atoms with Crippen molar-refractivity contribution in [2.24, 2.45) is 5.41 Å². The monoisotopic (exact) mass is 291 g/mol. The number of anilines is 1. The largest absolute Gasteiger partial charge is 0.489 e. The van der Waals surface area contributed by atoms with E-state index in [0.717, 1.165) is 11.4 Å². The molecule has 0 radical (unpaired) electrons. The van der Waals surface area contributed by atoms with Gasteiger partial charge in [0.2, 0.25) is 0 Å². The summed E-state index contributed by atoms with van der Waals surface area (Å²) in [6.07, 6.45) is 5.18. The second-order valence-electron chi connectivity index (χ2n) is 6.77. The van der Waals surface area contributed by atoms with Gasteiger partial charge in [0.25, 0.3) is 0 Å². The fourth-order valence-corrected chi connectivity index (χ4v) is 3.05. The summed E-state index contributed by atoms with van der Waals surface area (Å²) in [6, 6.07) is 6.90. The molecule has 1 aromatic rings. The minimum absolute atomic E-state index is 0.340. The molecule has 1 saturated carbocycles. The van der Waals surface area contributed by atoms with Crippen molar-refractivity contribution in [3.63, 3.8) is 0 Å². The molecular formula is C18H29NO2. The first kappa shape index (κ1) is 16.2. The predicted octanol–water partition coefficient (Wildman–Crippen LogP) is 4.40. The van der Waals surface area contributed by atoms with Crippen LogP contribution in [-0.2, 0) is 4.74 Å². The van der Waals surface area contributed by atoms with Crippen molar-refractivity contribution in [3.8, 4) is 5.75 Å². The van der Waals surface area contributed by atoms with Gasteiger partial charge in [-0.25, -0.2) is 0 Å². The van der Waals surface area contributed by atoms with E-state index in [1.807, 2.05) is 0 Å². The zero-order chi connectivity index (χ0) is 15.3. The van der Waals surface area contributed by atoms with E-state index >= 15 is 0 Å². The molecule has 1 fully saturated rings. The van der Waals surface area contributed by atoms with Crippen LogP contribution in [-0.4, -0.2) is 26.4 Å². The van der Waals surface area contributed by atoms with Crippen LogP contribution < -0.4 is 10.1 Å². The average Bonchev–Trinajstić information content (AvgIpc) is 2.44. The molecule has 1 aromatic carbocycles. The SMILES string of the molecule is COCCOc1cc(C)ccc1NC1CCCCC1(C)C. The summed E-state index contributed by atoms with van der Waals surface area (Å²) in [5, 5.41) is 3.73. The number of aryl methyl sites for hydroxylation is 1. The lowest BCUT2D eigenvalue weighted by Gasteiger charge is -2.40. The average molecular weight is 291 g/mol. The normalized spacial score (nSPS) is 21.0. The number of rotatable bonds is 6. The molecule has 0 aliphatic heterocycles. The number of hydrogen-bond acceptors (Lipinski definition) is 3. The lowest BCUT2D eigenvalue weighted by molar-refractivity contribution is 0.146. The van der Waals surface area contributed by atoms with Crippen molar-refractivity contribution in [1.29, 1.82) is 0 Å². The van der Waals surface area contributed by atoms with Crippen LogP contribution in [0.3, 0.4) is 0 Å². The highest BCUT2D eigenvalue weighted by Crippen LogP contribution is 2.39. The van der Waals surface area contributed by atoms with Crippen LogP contribution >= 0.6 is 0 Å². The molecule has 3 heteroatoms. The summed E-state index contributed by atoms with van der Waals surface area (Å²) in [7, 11) is 1.70. The fourth-order valence-electron chi connectivity index (χ4n) is 3.05. The minimum atomic E-state index is 0.340. The van der Waals surface area contributed by atoms with Crippen LogP contribution in [0, 0.1) is 12.3 Å². The number of methoxy groups -OCH3 is 1. The highest BCUT2D eigenvalue weighted by Gasteiger charge is 2.32. The van der Waals surface area contributed by atoms with E-state index in [4.69, 9.17) is 9.47 Å². The molecule has 0 bridgehead atoms. The van der Waals surface area contributed by atoms with Crippen molar-refractivity contribution < 1.29 is 9.47 Å². The highest BCUT2D eigenvalue weighted by atomic mass is 16.5. The quantitative estimate of drug-likeness (QED) is 0.788. The maximum atomic E-state index is 5.88. The Morgan fingerprint density at radius 2 is 2.05 bits per heavy atom. The van der Waals surface area contributed by atoms with Crippen LogP contribution in [0.25, 0.3) is 0 Å². The Morgan fingerprint density at radius 3 is 2.76 bits per heavy atom. The molecule has 1 atom stereocenters. The number of nitrogens with one attached hydrogen (secondary N) is 1. The van der Waals surface area contributed by atoms with Gasteiger partial charge >= 0.3 is 0 Å². The first-order chi connectivity index (χ1) is 10.0. The van der Waals surface area contributed by atoms with Gasteiger partial charge in [-0.1, -0.05) is 32.8 Å². The second kappa shape index (κ2) is 7.17. The second-order valence-corrected chi connectivity index (χ2v) is 6.77. The van der Waals surface area contributed by atoms with Crippen LogP contribution in [0.1, 0.15) is 45.1 Å².